The SMILES string of the molecule is CC(C)(C)OC(=O)N[C@H](CO)Cc1ccc(Oc2cccc(F)n2)cc1. The lowest BCUT2D eigenvalue weighted by atomic mass is 10.1. The molecule has 0 aliphatic rings. The number of carbonyl (C=O) groups is 1. The highest BCUT2D eigenvalue weighted by Gasteiger charge is 2.19. The lowest BCUT2D eigenvalue weighted by molar-refractivity contribution is 0.0483. The molecular formula is C19H23FN2O4. The highest BCUT2D eigenvalue weighted by atomic mass is 19.1. The molecule has 0 radical (unpaired) electrons. The van der Waals surface area contributed by atoms with E-state index >= 15 is 0 Å². The zero-order valence-electron chi connectivity index (χ0n) is 15.0. The second-order valence-electron chi connectivity index (χ2n) is 6.77. The second-order valence-corrected chi connectivity index (χ2v) is 6.77. The zero-order chi connectivity index (χ0) is 19.2. The summed E-state index contributed by atoms with van der Waals surface area (Å²) < 4.78 is 23.7. The smallest absolute Gasteiger partial charge is 0.407 e. The summed E-state index contributed by atoms with van der Waals surface area (Å²) in [6.07, 6.45) is -0.150. The predicted octanol–water partition coefficient (Wildman–Crippen LogP) is 3.44. The first-order valence-corrected chi connectivity index (χ1v) is 8.25. The number of nitrogens with one attached hydrogen (secondary N) is 1. The molecule has 2 aromatic rings. The summed E-state index contributed by atoms with van der Waals surface area (Å²) in [6, 6.07) is 10.9. The number of aromatic nitrogens is 1. The van der Waals surface area contributed by atoms with E-state index in [0.717, 1.165) is 5.56 Å². The van der Waals surface area contributed by atoms with Crippen molar-refractivity contribution in [1.29, 1.82) is 0 Å². The molecule has 1 aromatic carbocycles. The number of hydrogen-bond acceptors (Lipinski definition) is 5. The first kappa shape index (κ1) is 19.7. The normalized spacial score (nSPS) is 12.3. The van der Waals surface area contributed by atoms with Gasteiger partial charge in [0.05, 0.1) is 12.6 Å². The predicted molar refractivity (Wildman–Crippen MR) is 94.7 cm³/mol. The number of aliphatic hydroxyl groups excluding tert-OH is 1. The first-order valence-electron chi connectivity index (χ1n) is 8.25. The number of hydrogen-bond donors (Lipinski definition) is 2. The van der Waals surface area contributed by atoms with E-state index in [-0.39, 0.29) is 12.5 Å². The molecule has 2 rings (SSSR count). The minimum absolute atomic E-state index is 0.164. The Bertz CT molecular complexity index is 729. The minimum Gasteiger partial charge on any atom is -0.444 e. The molecule has 6 nitrogen and oxygen atoms in total. The van der Waals surface area contributed by atoms with Crippen molar-refractivity contribution >= 4 is 6.09 Å². The topological polar surface area (TPSA) is 80.7 Å². The average Bonchev–Trinajstić information content (AvgIpc) is 2.54. The van der Waals surface area contributed by atoms with Crippen LogP contribution in [0.2, 0.25) is 0 Å². The van der Waals surface area contributed by atoms with Gasteiger partial charge in [-0.3, -0.25) is 0 Å². The molecule has 1 heterocycles. The molecule has 0 aliphatic carbocycles. The van der Waals surface area contributed by atoms with Crippen LogP contribution < -0.4 is 10.1 Å². The molecule has 0 bridgehead atoms. The van der Waals surface area contributed by atoms with Crippen LogP contribution in [0.1, 0.15) is 26.3 Å². The van der Waals surface area contributed by atoms with Crippen molar-refractivity contribution in [3.8, 4) is 11.6 Å². The van der Waals surface area contributed by atoms with Crippen molar-refractivity contribution in [3.63, 3.8) is 0 Å². The third-order valence-corrected chi connectivity index (χ3v) is 3.26. The number of nitrogens with zero attached hydrogens (tertiary/aromatic N) is 1. The Balaban J connectivity index is 1.93. The monoisotopic (exact) mass is 362 g/mol. The van der Waals surface area contributed by atoms with Gasteiger partial charge in [-0.2, -0.15) is 9.37 Å². The number of ether oxygens (including phenoxy) is 2. The maximum Gasteiger partial charge on any atom is 0.407 e. The molecule has 140 valence electrons. The molecule has 0 saturated heterocycles. The Labute approximate surface area is 152 Å². The number of benzene rings is 1. The van der Waals surface area contributed by atoms with E-state index in [1.165, 1.54) is 12.1 Å². The van der Waals surface area contributed by atoms with E-state index in [1.807, 2.05) is 0 Å². The van der Waals surface area contributed by atoms with Gasteiger partial charge in [-0.25, -0.2) is 4.79 Å². The molecule has 1 aromatic heterocycles. The minimum atomic E-state index is -0.613. The van der Waals surface area contributed by atoms with Crippen molar-refractivity contribution in [1.82, 2.24) is 10.3 Å². The Hall–Kier alpha value is -2.67. The number of alkyl carbamates (subject to hydrolysis) is 1. The summed E-state index contributed by atoms with van der Waals surface area (Å²) in [5, 5.41) is 12.1. The fourth-order valence-corrected chi connectivity index (χ4v) is 2.18. The Morgan fingerprint density at radius 3 is 2.50 bits per heavy atom. The summed E-state index contributed by atoms with van der Waals surface area (Å²) in [5.41, 5.74) is 0.285. The van der Waals surface area contributed by atoms with Crippen LogP contribution in [-0.4, -0.2) is 34.4 Å². The number of pyridine rings is 1. The van der Waals surface area contributed by atoms with E-state index in [1.54, 1.807) is 51.1 Å². The van der Waals surface area contributed by atoms with Gasteiger partial charge in [-0.15, -0.1) is 0 Å². The van der Waals surface area contributed by atoms with Gasteiger partial charge in [0.1, 0.15) is 11.4 Å². The van der Waals surface area contributed by atoms with Crippen molar-refractivity contribution in [2.45, 2.75) is 38.8 Å². The van der Waals surface area contributed by atoms with Gasteiger partial charge in [0, 0.05) is 6.07 Å². The maximum atomic E-state index is 13.1. The maximum absolute atomic E-state index is 13.1. The van der Waals surface area contributed by atoms with Gasteiger partial charge in [-0.05, 0) is 51.0 Å². The van der Waals surface area contributed by atoms with Crippen LogP contribution in [-0.2, 0) is 11.2 Å². The average molecular weight is 362 g/mol. The molecular weight excluding hydrogens is 339 g/mol. The zero-order valence-corrected chi connectivity index (χ0v) is 15.0. The quantitative estimate of drug-likeness (QED) is 0.770. The lowest BCUT2D eigenvalue weighted by Gasteiger charge is -2.22. The Morgan fingerprint density at radius 1 is 1.23 bits per heavy atom. The number of halogens is 1. The van der Waals surface area contributed by atoms with Crippen LogP contribution in [0.25, 0.3) is 0 Å². The molecule has 0 aliphatic heterocycles. The van der Waals surface area contributed by atoms with Crippen molar-refractivity contribution in [3.05, 3.63) is 54.0 Å². The van der Waals surface area contributed by atoms with Crippen LogP contribution in [0.4, 0.5) is 9.18 Å². The van der Waals surface area contributed by atoms with Gasteiger partial charge >= 0.3 is 6.09 Å². The number of rotatable bonds is 6. The van der Waals surface area contributed by atoms with Gasteiger partial charge in [0.25, 0.3) is 0 Å². The molecule has 0 saturated carbocycles. The molecule has 0 fully saturated rings. The van der Waals surface area contributed by atoms with Gasteiger partial charge in [0.2, 0.25) is 11.8 Å². The standard InChI is InChI=1S/C19H23FN2O4/c1-19(2,3)26-18(24)21-14(12-23)11-13-7-9-15(10-8-13)25-17-6-4-5-16(20)22-17/h4-10,14,23H,11-12H2,1-3H3,(H,21,24)/t14-/m0/s1. The largest absolute Gasteiger partial charge is 0.444 e. The van der Waals surface area contributed by atoms with Crippen LogP contribution >= 0.6 is 0 Å². The van der Waals surface area contributed by atoms with Crippen LogP contribution in [0, 0.1) is 5.95 Å². The van der Waals surface area contributed by atoms with Crippen molar-refractivity contribution < 1.29 is 23.8 Å². The molecule has 2 N–H and O–H groups in total. The summed E-state index contributed by atoms with van der Waals surface area (Å²) >= 11 is 0. The summed E-state index contributed by atoms with van der Waals surface area (Å²) in [4.78, 5) is 15.4. The molecule has 7 heteroatoms. The highest BCUT2D eigenvalue weighted by molar-refractivity contribution is 5.68. The molecule has 1 amide bonds. The van der Waals surface area contributed by atoms with Crippen LogP contribution in [0.5, 0.6) is 11.6 Å². The molecule has 0 spiro atoms. The summed E-state index contributed by atoms with van der Waals surface area (Å²) in [6.45, 7) is 5.09. The van der Waals surface area contributed by atoms with Gasteiger partial charge < -0.3 is 19.9 Å². The fourth-order valence-electron chi connectivity index (χ4n) is 2.18. The molecule has 26 heavy (non-hydrogen) atoms. The van der Waals surface area contributed by atoms with Crippen LogP contribution in [0.3, 0.4) is 0 Å². The third-order valence-electron chi connectivity index (χ3n) is 3.26. The third kappa shape index (κ3) is 6.68. The number of aliphatic hydroxyl groups is 1. The van der Waals surface area contributed by atoms with E-state index in [2.05, 4.69) is 10.3 Å². The van der Waals surface area contributed by atoms with Crippen LogP contribution in [0.15, 0.2) is 42.5 Å². The number of carbonyl (C=O) groups excluding carboxylic acids is 1. The van der Waals surface area contributed by atoms with Gasteiger partial charge in [0.15, 0.2) is 0 Å². The summed E-state index contributed by atoms with van der Waals surface area (Å²) in [5.74, 6) is 0.0585. The van der Waals surface area contributed by atoms with E-state index in [9.17, 15) is 14.3 Å². The lowest BCUT2D eigenvalue weighted by Crippen LogP contribution is -2.42. The van der Waals surface area contributed by atoms with Crippen molar-refractivity contribution in [2.75, 3.05) is 6.61 Å². The fraction of sp³-hybridized carbons (Fsp3) is 0.368. The second kappa shape index (κ2) is 8.62. The molecule has 0 unspecified atom stereocenters. The molecule has 1 atom stereocenters. The van der Waals surface area contributed by atoms with E-state index in [4.69, 9.17) is 9.47 Å². The van der Waals surface area contributed by atoms with Crippen molar-refractivity contribution in [2.24, 2.45) is 0 Å². The van der Waals surface area contributed by atoms with E-state index < -0.39 is 23.7 Å². The van der Waals surface area contributed by atoms with E-state index in [0.29, 0.717) is 12.2 Å². The number of amides is 1. The van der Waals surface area contributed by atoms with Gasteiger partial charge in [-0.1, -0.05) is 18.2 Å². The summed E-state index contributed by atoms with van der Waals surface area (Å²) in [7, 11) is 0. The first-order chi connectivity index (χ1) is 12.2. The highest BCUT2D eigenvalue weighted by Crippen LogP contribution is 2.20. The Kier molecular flexibility index (Phi) is 6.52. The Morgan fingerprint density at radius 2 is 1.92 bits per heavy atom.